The first kappa shape index (κ1) is 20.0. The fraction of sp³-hybridized carbons (Fsp3) is 0.222. The molecule has 0 atom stereocenters. The van der Waals surface area contributed by atoms with Crippen molar-refractivity contribution in [2.75, 3.05) is 18.6 Å². The molecule has 0 fully saturated rings. The van der Waals surface area contributed by atoms with Crippen LogP contribution in [0.4, 0.5) is 11.4 Å². The van der Waals surface area contributed by atoms with Gasteiger partial charge in [-0.05, 0) is 66.6 Å². The molecule has 0 N–H and O–H groups in total. The Hall–Kier alpha value is -3.33. The summed E-state index contributed by atoms with van der Waals surface area (Å²) in [6.07, 6.45) is 12.7. The van der Waals surface area contributed by atoms with Crippen molar-refractivity contribution < 1.29 is 4.74 Å². The quantitative estimate of drug-likeness (QED) is 0.587. The van der Waals surface area contributed by atoms with Gasteiger partial charge in [0.25, 0.3) is 0 Å². The SMILES string of the molecule is CCOc1ccc(N=C2C=CC(=C/C=C3\N(C)c4ccccc4C3(C)C)C=C2)cc1. The van der Waals surface area contributed by atoms with E-state index in [2.05, 4.69) is 86.5 Å². The van der Waals surface area contributed by atoms with Crippen LogP contribution in [0.15, 0.2) is 101 Å². The number of rotatable bonds is 4. The zero-order valence-electron chi connectivity index (χ0n) is 18.1. The first-order chi connectivity index (χ1) is 14.5. The minimum absolute atomic E-state index is 0.00916. The summed E-state index contributed by atoms with van der Waals surface area (Å²) < 4.78 is 5.48. The second-order valence-electron chi connectivity index (χ2n) is 8.05. The van der Waals surface area contributed by atoms with Crippen LogP contribution < -0.4 is 9.64 Å². The number of nitrogens with zero attached hydrogens (tertiary/aromatic N) is 2. The largest absolute Gasteiger partial charge is 0.494 e. The number of para-hydroxylation sites is 1. The van der Waals surface area contributed by atoms with Gasteiger partial charge >= 0.3 is 0 Å². The number of aliphatic imine (C=N–C) groups is 1. The van der Waals surface area contributed by atoms with Gasteiger partial charge in [0, 0.05) is 23.8 Å². The van der Waals surface area contributed by atoms with Crippen LogP contribution in [0.2, 0.25) is 0 Å². The van der Waals surface area contributed by atoms with Gasteiger partial charge in [-0.1, -0.05) is 50.3 Å². The lowest BCUT2D eigenvalue weighted by atomic mass is 9.83. The Morgan fingerprint density at radius 1 is 0.933 bits per heavy atom. The van der Waals surface area contributed by atoms with Gasteiger partial charge in [-0.3, -0.25) is 0 Å². The molecule has 30 heavy (non-hydrogen) atoms. The van der Waals surface area contributed by atoms with Gasteiger partial charge < -0.3 is 9.64 Å². The van der Waals surface area contributed by atoms with E-state index in [9.17, 15) is 0 Å². The van der Waals surface area contributed by atoms with Crippen LogP contribution >= 0.6 is 0 Å². The third-order valence-electron chi connectivity index (χ3n) is 5.67. The lowest BCUT2D eigenvalue weighted by Gasteiger charge is -2.23. The fourth-order valence-corrected chi connectivity index (χ4v) is 4.07. The van der Waals surface area contributed by atoms with Gasteiger partial charge in [0.15, 0.2) is 0 Å². The Bertz CT molecular complexity index is 1060. The molecule has 152 valence electrons. The summed E-state index contributed by atoms with van der Waals surface area (Å²) in [5.74, 6) is 0.872. The van der Waals surface area contributed by atoms with Crippen molar-refractivity contribution in [2.24, 2.45) is 4.99 Å². The third-order valence-corrected chi connectivity index (χ3v) is 5.67. The maximum atomic E-state index is 5.48. The summed E-state index contributed by atoms with van der Waals surface area (Å²) in [6.45, 7) is 7.22. The van der Waals surface area contributed by atoms with Crippen LogP contribution in [0, 0.1) is 0 Å². The molecule has 0 aromatic heterocycles. The van der Waals surface area contributed by atoms with Crippen LogP contribution in [0.1, 0.15) is 26.3 Å². The molecule has 4 rings (SSSR count). The van der Waals surface area contributed by atoms with Crippen molar-refractivity contribution >= 4 is 17.1 Å². The van der Waals surface area contributed by atoms with E-state index in [1.165, 1.54) is 16.9 Å². The monoisotopic (exact) mass is 396 g/mol. The summed E-state index contributed by atoms with van der Waals surface area (Å²) in [7, 11) is 2.14. The molecule has 3 nitrogen and oxygen atoms in total. The first-order valence-corrected chi connectivity index (χ1v) is 10.4. The average Bonchev–Trinajstić information content (AvgIpc) is 2.95. The van der Waals surface area contributed by atoms with Gasteiger partial charge in [-0.15, -0.1) is 0 Å². The highest BCUT2D eigenvalue weighted by Crippen LogP contribution is 2.46. The van der Waals surface area contributed by atoms with Crippen molar-refractivity contribution in [3.05, 3.63) is 102 Å². The Morgan fingerprint density at radius 3 is 2.30 bits per heavy atom. The summed E-state index contributed by atoms with van der Waals surface area (Å²) >= 11 is 0. The van der Waals surface area contributed by atoms with Crippen LogP contribution in [-0.4, -0.2) is 19.4 Å². The smallest absolute Gasteiger partial charge is 0.119 e. The molecule has 0 bridgehead atoms. The van der Waals surface area contributed by atoms with Gasteiger partial charge in [0.1, 0.15) is 5.75 Å². The van der Waals surface area contributed by atoms with E-state index in [1.54, 1.807) is 0 Å². The Morgan fingerprint density at radius 2 is 1.63 bits per heavy atom. The molecule has 0 spiro atoms. The molecular formula is C27H28N2O. The molecule has 1 aliphatic heterocycles. The number of allylic oxidation sites excluding steroid dienone is 8. The van der Waals surface area contributed by atoms with Crippen molar-refractivity contribution in [1.29, 1.82) is 0 Å². The molecule has 1 heterocycles. The van der Waals surface area contributed by atoms with Gasteiger partial charge in [0.2, 0.25) is 0 Å². The number of anilines is 1. The molecule has 1 aliphatic carbocycles. The van der Waals surface area contributed by atoms with Gasteiger partial charge in [0.05, 0.1) is 18.0 Å². The maximum absolute atomic E-state index is 5.48. The Labute approximate surface area is 179 Å². The standard InChI is InChI=1S/C27H28N2O/c1-5-30-23-17-15-22(16-18-23)28-21-13-10-20(11-14-21)12-19-26-27(2,3)24-8-6-7-9-25(24)29(26)4/h6-19H,5H2,1-4H3/b20-12?,26-19-,28-21?. The highest BCUT2D eigenvalue weighted by Gasteiger charge is 2.37. The van der Waals surface area contributed by atoms with E-state index < -0.39 is 0 Å². The molecule has 2 aromatic rings. The zero-order valence-corrected chi connectivity index (χ0v) is 18.1. The number of hydrogen-bond donors (Lipinski definition) is 0. The normalized spacial score (nSPS) is 18.0. The minimum atomic E-state index is -0.00916. The maximum Gasteiger partial charge on any atom is 0.119 e. The van der Waals surface area contributed by atoms with Crippen molar-refractivity contribution in [3.63, 3.8) is 0 Å². The lowest BCUT2D eigenvalue weighted by molar-refractivity contribution is 0.340. The second-order valence-corrected chi connectivity index (χ2v) is 8.05. The summed E-state index contributed by atoms with van der Waals surface area (Å²) in [6, 6.07) is 16.5. The number of benzene rings is 2. The molecule has 0 radical (unpaired) electrons. The van der Waals surface area contributed by atoms with Crippen molar-refractivity contribution in [3.8, 4) is 5.75 Å². The predicted octanol–water partition coefficient (Wildman–Crippen LogP) is 6.52. The van der Waals surface area contributed by atoms with Crippen LogP contribution in [0.3, 0.4) is 0 Å². The summed E-state index contributed by atoms with van der Waals surface area (Å²) in [5, 5.41) is 0. The molecule has 0 amide bonds. The van der Waals surface area contributed by atoms with Gasteiger partial charge in [-0.25, -0.2) is 4.99 Å². The highest BCUT2D eigenvalue weighted by molar-refractivity contribution is 6.07. The molecular weight excluding hydrogens is 368 g/mol. The van der Waals surface area contributed by atoms with Crippen molar-refractivity contribution in [2.45, 2.75) is 26.2 Å². The molecule has 0 saturated heterocycles. The number of fused-ring (bicyclic) bond motifs is 1. The van der Waals surface area contributed by atoms with Crippen LogP contribution in [-0.2, 0) is 5.41 Å². The minimum Gasteiger partial charge on any atom is -0.494 e. The fourth-order valence-electron chi connectivity index (χ4n) is 4.07. The van der Waals surface area contributed by atoms with E-state index in [0.717, 1.165) is 22.7 Å². The van der Waals surface area contributed by atoms with Crippen LogP contribution in [0.5, 0.6) is 5.75 Å². The predicted molar refractivity (Wildman–Crippen MR) is 127 cm³/mol. The highest BCUT2D eigenvalue weighted by atomic mass is 16.5. The van der Waals surface area contributed by atoms with E-state index in [0.29, 0.717) is 6.61 Å². The molecule has 2 aliphatic rings. The number of hydrogen-bond acceptors (Lipinski definition) is 3. The van der Waals surface area contributed by atoms with E-state index >= 15 is 0 Å². The molecule has 0 unspecified atom stereocenters. The van der Waals surface area contributed by atoms with Gasteiger partial charge in [-0.2, -0.15) is 0 Å². The lowest BCUT2D eigenvalue weighted by Crippen LogP contribution is -2.22. The number of ether oxygens (including phenoxy) is 1. The first-order valence-electron chi connectivity index (χ1n) is 10.4. The molecule has 3 heteroatoms. The molecule has 0 saturated carbocycles. The summed E-state index contributed by atoms with van der Waals surface area (Å²) in [4.78, 5) is 6.98. The molecule has 2 aromatic carbocycles. The van der Waals surface area contributed by atoms with E-state index in [1.807, 2.05) is 31.2 Å². The number of likely N-dealkylation sites (N-methyl/N-ethyl adjacent to an activating group) is 1. The third kappa shape index (κ3) is 3.88. The Balaban J connectivity index is 1.50. The topological polar surface area (TPSA) is 24.8 Å². The van der Waals surface area contributed by atoms with E-state index in [-0.39, 0.29) is 5.41 Å². The Kier molecular flexibility index (Phi) is 5.45. The summed E-state index contributed by atoms with van der Waals surface area (Å²) in [5.41, 5.74) is 6.97. The van der Waals surface area contributed by atoms with E-state index in [4.69, 9.17) is 9.73 Å². The second kappa shape index (κ2) is 8.19. The van der Waals surface area contributed by atoms with Crippen LogP contribution in [0.25, 0.3) is 0 Å². The zero-order chi connectivity index (χ0) is 21.1. The average molecular weight is 397 g/mol. The van der Waals surface area contributed by atoms with Crippen molar-refractivity contribution in [1.82, 2.24) is 0 Å².